The van der Waals surface area contributed by atoms with Gasteiger partial charge in [0, 0.05) is 4.43 Å². The molecule has 2 aromatic rings. The summed E-state index contributed by atoms with van der Waals surface area (Å²) in [6.07, 6.45) is 0.652. The summed E-state index contributed by atoms with van der Waals surface area (Å²) in [5.41, 5.74) is 6.12. The summed E-state index contributed by atoms with van der Waals surface area (Å²) in [5, 5.41) is 0.400. The van der Waals surface area contributed by atoms with Crippen molar-refractivity contribution in [3.8, 4) is 0 Å². The summed E-state index contributed by atoms with van der Waals surface area (Å²) in [6, 6.07) is 5.17. The number of sulfone groups is 1. The number of nitrogens with zero attached hydrogens (tertiary/aromatic N) is 1. The standard InChI is InChI=1S/C10H11IN2O2S2/c11-5-2-6-17(14,15)8-4-1-3-7-9(8)13-10(12)16-7/h1,3-4H,2,5-6H2,(H2,12,13). The number of hydrogen-bond donors (Lipinski definition) is 1. The Morgan fingerprint density at radius 1 is 1.41 bits per heavy atom. The van der Waals surface area contributed by atoms with Crippen molar-refractivity contribution in [2.45, 2.75) is 11.3 Å². The topological polar surface area (TPSA) is 73.0 Å². The first kappa shape index (κ1) is 13.0. The molecule has 0 bridgehead atoms. The number of fused-ring (bicyclic) bond motifs is 1. The number of nitrogens with two attached hydrogens (primary N) is 1. The first-order chi connectivity index (χ1) is 8.04. The number of rotatable bonds is 4. The van der Waals surface area contributed by atoms with Gasteiger partial charge in [-0.05, 0) is 18.6 Å². The lowest BCUT2D eigenvalue weighted by molar-refractivity contribution is 0.596. The molecule has 0 spiro atoms. The average Bonchev–Trinajstić information content (AvgIpc) is 2.65. The van der Waals surface area contributed by atoms with E-state index in [0.29, 0.717) is 22.0 Å². The fraction of sp³-hybridized carbons (Fsp3) is 0.300. The van der Waals surface area contributed by atoms with E-state index in [9.17, 15) is 8.42 Å². The van der Waals surface area contributed by atoms with Crippen molar-refractivity contribution >= 4 is 59.1 Å². The zero-order valence-electron chi connectivity index (χ0n) is 8.89. The monoisotopic (exact) mass is 382 g/mol. The van der Waals surface area contributed by atoms with Gasteiger partial charge in [-0.25, -0.2) is 13.4 Å². The van der Waals surface area contributed by atoms with Gasteiger partial charge in [0.15, 0.2) is 15.0 Å². The quantitative estimate of drug-likeness (QED) is 0.652. The van der Waals surface area contributed by atoms with Gasteiger partial charge in [0.25, 0.3) is 0 Å². The summed E-state index contributed by atoms with van der Waals surface area (Å²) in [4.78, 5) is 4.40. The van der Waals surface area contributed by atoms with E-state index in [-0.39, 0.29) is 5.75 Å². The molecule has 0 unspecified atom stereocenters. The van der Waals surface area contributed by atoms with Gasteiger partial charge < -0.3 is 5.73 Å². The van der Waals surface area contributed by atoms with Crippen LogP contribution in [0.3, 0.4) is 0 Å². The Hall–Kier alpha value is -0.410. The van der Waals surface area contributed by atoms with E-state index in [0.717, 1.165) is 9.13 Å². The van der Waals surface area contributed by atoms with Crippen molar-refractivity contribution in [1.29, 1.82) is 0 Å². The van der Waals surface area contributed by atoms with Crippen molar-refractivity contribution < 1.29 is 8.42 Å². The molecule has 7 heteroatoms. The van der Waals surface area contributed by atoms with Gasteiger partial charge in [0.05, 0.1) is 15.3 Å². The molecule has 2 N–H and O–H groups in total. The van der Waals surface area contributed by atoms with Crippen LogP contribution in [0.25, 0.3) is 10.2 Å². The first-order valence-electron chi connectivity index (χ1n) is 4.98. The van der Waals surface area contributed by atoms with Crippen LogP contribution in [0.15, 0.2) is 23.1 Å². The number of benzene rings is 1. The molecule has 1 aromatic heterocycles. The Labute approximate surface area is 117 Å². The van der Waals surface area contributed by atoms with Crippen LogP contribution in [0.5, 0.6) is 0 Å². The van der Waals surface area contributed by atoms with Gasteiger partial charge in [-0.3, -0.25) is 0 Å². The fourth-order valence-corrected chi connectivity index (χ4v) is 4.75. The maximum absolute atomic E-state index is 12.1. The van der Waals surface area contributed by atoms with E-state index in [2.05, 4.69) is 27.6 Å². The third kappa shape index (κ3) is 2.71. The highest BCUT2D eigenvalue weighted by molar-refractivity contribution is 14.1. The summed E-state index contributed by atoms with van der Waals surface area (Å²) in [7, 11) is -3.25. The molecule has 0 saturated heterocycles. The molecular formula is C10H11IN2O2S2. The molecule has 92 valence electrons. The van der Waals surface area contributed by atoms with E-state index in [4.69, 9.17) is 5.73 Å². The number of nitrogen functional groups attached to an aromatic ring is 1. The molecule has 0 aliphatic carbocycles. The van der Waals surface area contributed by atoms with E-state index in [1.165, 1.54) is 11.3 Å². The van der Waals surface area contributed by atoms with Crippen molar-refractivity contribution in [3.05, 3.63) is 18.2 Å². The number of para-hydroxylation sites is 1. The van der Waals surface area contributed by atoms with Crippen LogP contribution in [0, 0.1) is 0 Å². The van der Waals surface area contributed by atoms with Gasteiger partial charge in [0.1, 0.15) is 5.52 Å². The normalized spacial score (nSPS) is 12.1. The molecule has 0 radical (unpaired) electrons. The molecule has 17 heavy (non-hydrogen) atoms. The van der Waals surface area contributed by atoms with Crippen LogP contribution < -0.4 is 5.73 Å². The van der Waals surface area contributed by atoms with Crippen LogP contribution >= 0.6 is 33.9 Å². The Morgan fingerprint density at radius 3 is 2.88 bits per heavy atom. The SMILES string of the molecule is Nc1nc2c(S(=O)(=O)CCCI)cccc2s1. The maximum atomic E-state index is 12.1. The Kier molecular flexibility index (Phi) is 3.88. The second-order valence-corrected chi connectivity index (χ2v) is 7.73. The maximum Gasteiger partial charge on any atom is 0.181 e. The minimum absolute atomic E-state index is 0.159. The molecular weight excluding hydrogens is 371 g/mol. The molecule has 0 atom stereocenters. The third-order valence-electron chi connectivity index (χ3n) is 2.28. The number of hydrogen-bond acceptors (Lipinski definition) is 5. The van der Waals surface area contributed by atoms with Gasteiger partial charge >= 0.3 is 0 Å². The van der Waals surface area contributed by atoms with E-state index in [1.54, 1.807) is 12.1 Å². The molecule has 4 nitrogen and oxygen atoms in total. The van der Waals surface area contributed by atoms with Crippen molar-refractivity contribution in [3.63, 3.8) is 0 Å². The molecule has 2 rings (SSSR count). The fourth-order valence-electron chi connectivity index (χ4n) is 1.55. The van der Waals surface area contributed by atoms with Crippen LogP contribution in [0.1, 0.15) is 6.42 Å². The van der Waals surface area contributed by atoms with Crippen molar-refractivity contribution in [1.82, 2.24) is 4.98 Å². The highest BCUT2D eigenvalue weighted by Crippen LogP contribution is 2.29. The van der Waals surface area contributed by atoms with Crippen molar-refractivity contribution in [2.24, 2.45) is 0 Å². The summed E-state index contributed by atoms with van der Waals surface area (Å²) in [6.45, 7) is 0. The van der Waals surface area contributed by atoms with E-state index < -0.39 is 9.84 Å². The smallest absolute Gasteiger partial charge is 0.181 e. The second kappa shape index (κ2) is 5.07. The third-order valence-corrected chi connectivity index (χ3v) is 5.72. The highest BCUT2D eigenvalue weighted by Gasteiger charge is 2.19. The number of alkyl halides is 1. The van der Waals surface area contributed by atoms with Gasteiger partial charge in [-0.15, -0.1) is 0 Å². The van der Waals surface area contributed by atoms with Crippen LogP contribution in [0.2, 0.25) is 0 Å². The number of halogens is 1. The lowest BCUT2D eigenvalue weighted by atomic mass is 10.3. The van der Waals surface area contributed by atoms with Gasteiger partial charge in [-0.2, -0.15) is 0 Å². The number of thiazole rings is 1. The highest BCUT2D eigenvalue weighted by atomic mass is 127. The van der Waals surface area contributed by atoms with Crippen LogP contribution in [0.4, 0.5) is 5.13 Å². The Balaban J connectivity index is 2.55. The molecule has 1 heterocycles. The zero-order valence-corrected chi connectivity index (χ0v) is 12.7. The summed E-state index contributed by atoms with van der Waals surface area (Å²) < 4.78 is 25.9. The minimum atomic E-state index is -3.25. The summed E-state index contributed by atoms with van der Waals surface area (Å²) >= 11 is 3.48. The summed E-state index contributed by atoms with van der Waals surface area (Å²) in [5.74, 6) is 0.159. The predicted octanol–water partition coefficient (Wildman–Crippen LogP) is 2.48. The van der Waals surface area contributed by atoms with E-state index >= 15 is 0 Å². The van der Waals surface area contributed by atoms with Gasteiger partial charge in [-0.1, -0.05) is 40.0 Å². The zero-order chi connectivity index (χ0) is 12.5. The predicted molar refractivity (Wildman–Crippen MR) is 79.6 cm³/mol. The molecule has 0 aliphatic rings. The second-order valence-electron chi connectivity index (χ2n) is 3.52. The van der Waals surface area contributed by atoms with Gasteiger partial charge in [0.2, 0.25) is 0 Å². The van der Waals surface area contributed by atoms with Crippen LogP contribution in [-0.4, -0.2) is 23.6 Å². The largest absolute Gasteiger partial charge is 0.375 e. The average molecular weight is 382 g/mol. The molecule has 0 saturated carbocycles. The molecule has 0 aliphatic heterocycles. The molecule has 1 aromatic carbocycles. The molecule has 0 amide bonds. The lowest BCUT2D eigenvalue weighted by Gasteiger charge is -2.03. The van der Waals surface area contributed by atoms with Crippen LogP contribution in [-0.2, 0) is 9.84 Å². The first-order valence-corrected chi connectivity index (χ1v) is 8.98. The van der Waals surface area contributed by atoms with Crippen molar-refractivity contribution in [2.75, 3.05) is 15.9 Å². The van der Waals surface area contributed by atoms with E-state index in [1.807, 2.05) is 6.07 Å². The molecule has 0 fully saturated rings. The number of aromatic nitrogens is 1. The lowest BCUT2D eigenvalue weighted by Crippen LogP contribution is -2.07. The Morgan fingerprint density at radius 2 is 2.18 bits per heavy atom. The number of anilines is 1. The minimum Gasteiger partial charge on any atom is -0.375 e. The Bertz CT molecular complexity index is 637.